The maximum Gasteiger partial charge on any atom is 0.318 e. The lowest BCUT2D eigenvalue weighted by Crippen LogP contribution is -2.42. The number of rotatable bonds is 2. The summed E-state index contributed by atoms with van der Waals surface area (Å²) in [4.78, 5) is 25.1. The van der Waals surface area contributed by atoms with Gasteiger partial charge in [0.25, 0.3) is 0 Å². The van der Waals surface area contributed by atoms with Crippen LogP contribution in [-0.2, 0) is 4.79 Å². The predicted molar refractivity (Wildman–Crippen MR) is 82.8 cm³/mol. The fraction of sp³-hybridized carbons (Fsp3) is 0.467. The van der Waals surface area contributed by atoms with Crippen molar-refractivity contribution in [3.63, 3.8) is 0 Å². The van der Waals surface area contributed by atoms with Crippen LogP contribution in [0.4, 0.5) is 9.18 Å². The molecule has 0 spiro atoms. The van der Waals surface area contributed by atoms with E-state index in [0.29, 0.717) is 28.8 Å². The van der Waals surface area contributed by atoms with Gasteiger partial charge in [-0.1, -0.05) is 0 Å². The molecule has 2 aliphatic rings. The SMILES string of the molecule is CC1(C(=O)O)CCN(C(=O)NC2COc3cc(F)c(Br)cc32)C1. The number of hydrogen-bond donors (Lipinski definition) is 2. The fourth-order valence-corrected chi connectivity index (χ4v) is 3.23. The summed E-state index contributed by atoms with van der Waals surface area (Å²) in [6.45, 7) is 2.42. The first kappa shape index (κ1) is 16.0. The Morgan fingerprint density at radius 2 is 2.26 bits per heavy atom. The lowest BCUT2D eigenvalue weighted by molar-refractivity contribution is -0.147. The number of carbonyl (C=O) groups is 2. The number of urea groups is 1. The van der Waals surface area contributed by atoms with Gasteiger partial charge in [0, 0.05) is 24.7 Å². The minimum absolute atomic E-state index is 0.168. The van der Waals surface area contributed by atoms with Gasteiger partial charge in [0.15, 0.2) is 0 Å². The summed E-state index contributed by atoms with van der Waals surface area (Å²) in [6, 6.07) is 2.15. The molecule has 2 atom stereocenters. The molecule has 23 heavy (non-hydrogen) atoms. The molecule has 2 heterocycles. The highest BCUT2D eigenvalue weighted by Gasteiger charge is 2.42. The number of carboxylic acid groups (broad SMARTS) is 1. The first-order valence-electron chi connectivity index (χ1n) is 7.21. The van der Waals surface area contributed by atoms with E-state index in [-0.39, 0.29) is 25.2 Å². The molecule has 2 amide bonds. The second kappa shape index (κ2) is 5.67. The number of likely N-dealkylation sites (tertiary alicyclic amines) is 1. The van der Waals surface area contributed by atoms with Crippen LogP contribution >= 0.6 is 15.9 Å². The minimum atomic E-state index is -0.909. The Kier molecular flexibility index (Phi) is 3.95. The molecular formula is C15H16BrFN2O4. The second-order valence-corrected chi connectivity index (χ2v) is 7.01. The molecule has 0 aromatic heterocycles. The fourth-order valence-electron chi connectivity index (χ4n) is 2.87. The zero-order valence-electron chi connectivity index (χ0n) is 12.4. The Morgan fingerprint density at radius 1 is 1.52 bits per heavy atom. The third-order valence-corrected chi connectivity index (χ3v) is 5.02. The third-order valence-electron chi connectivity index (χ3n) is 4.41. The van der Waals surface area contributed by atoms with Crippen molar-refractivity contribution in [3.8, 4) is 5.75 Å². The Bertz CT molecular complexity index is 684. The lowest BCUT2D eigenvalue weighted by atomic mass is 9.90. The van der Waals surface area contributed by atoms with E-state index >= 15 is 0 Å². The summed E-state index contributed by atoms with van der Waals surface area (Å²) in [5.41, 5.74) is -0.208. The van der Waals surface area contributed by atoms with Gasteiger partial charge in [0.05, 0.1) is 15.9 Å². The summed E-state index contributed by atoms with van der Waals surface area (Å²) in [6.07, 6.45) is 0.421. The standard InChI is InChI=1S/C15H16BrFN2O4/c1-15(13(20)21)2-3-19(7-15)14(22)18-11-6-23-12-5-10(17)9(16)4-8(11)12/h4-5,11H,2-3,6-7H2,1H3,(H,18,22)(H,20,21). The molecule has 1 fully saturated rings. The van der Waals surface area contributed by atoms with E-state index in [1.54, 1.807) is 13.0 Å². The van der Waals surface area contributed by atoms with Crippen molar-refractivity contribution >= 4 is 27.9 Å². The van der Waals surface area contributed by atoms with Crippen LogP contribution in [0.25, 0.3) is 0 Å². The van der Waals surface area contributed by atoms with Gasteiger partial charge in [-0.05, 0) is 35.3 Å². The monoisotopic (exact) mass is 386 g/mol. The smallest absolute Gasteiger partial charge is 0.318 e. The zero-order chi connectivity index (χ0) is 16.8. The minimum Gasteiger partial charge on any atom is -0.491 e. The van der Waals surface area contributed by atoms with Crippen LogP contribution in [0.3, 0.4) is 0 Å². The van der Waals surface area contributed by atoms with Gasteiger partial charge >= 0.3 is 12.0 Å². The Hall–Kier alpha value is -1.83. The molecule has 2 aliphatic heterocycles. The maximum absolute atomic E-state index is 13.5. The van der Waals surface area contributed by atoms with Crippen molar-refractivity contribution in [2.45, 2.75) is 19.4 Å². The number of aliphatic carboxylic acids is 1. The van der Waals surface area contributed by atoms with Crippen molar-refractivity contribution in [3.05, 3.63) is 28.0 Å². The first-order valence-corrected chi connectivity index (χ1v) is 8.00. The zero-order valence-corrected chi connectivity index (χ0v) is 14.0. The van der Waals surface area contributed by atoms with Gasteiger partial charge in [-0.15, -0.1) is 0 Å². The second-order valence-electron chi connectivity index (χ2n) is 6.15. The highest BCUT2D eigenvalue weighted by Crippen LogP contribution is 2.36. The maximum atomic E-state index is 13.5. The average Bonchev–Trinajstić information content (AvgIpc) is 3.06. The molecule has 6 nitrogen and oxygen atoms in total. The van der Waals surface area contributed by atoms with E-state index in [1.807, 2.05) is 0 Å². The van der Waals surface area contributed by atoms with Crippen molar-refractivity contribution in [1.29, 1.82) is 0 Å². The van der Waals surface area contributed by atoms with E-state index in [4.69, 9.17) is 4.74 Å². The molecule has 0 bridgehead atoms. The van der Waals surface area contributed by atoms with E-state index in [0.717, 1.165) is 0 Å². The van der Waals surface area contributed by atoms with Gasteiger partial charge in [0.1, 0.15) is 18.2 Å². The van der Waals surface area contributed by atoms with Gasteiger partial charge in [0.2, 0.25) is 0 Å². The molecule has 1 aromatic carbocycles. The summed E-state index contributed by atoms with van der Waals surface area (Å²) >= 11 is 3.12. The van der Waals surface area contributed by atoms with Gasteiger partial charge < -0.3 is 20.1 Å². The van der Waals surface area contributed by atoms with Crippen molar-refractivity contribution in [2.24, 2.45) is 5.41 Å². The van der Waals surface area contributed by atoms with Crippen molar-refractivity contribution < 1.29 is 23.8 Å². The Balaban J connectivity index is 1.69. The molecule has 2 unspecified atom stereocenters. The number of amides is 2. The number of nitrogens with zero attached hydrogens (tertiary/aromatic N) is 1. The van der Waals surface area contributed by atoms with Crippen LogP contribution in [0.2, 0.25) is 0 Å². The third kappa shape index (κ3) is 2.87. The summed E-state index contributed by atoms with van der Waals surface area (Å²) < 4.78 is 19.2. The molecule has 3 rings (SSSR count). The van der Waals surface area contributed by atoms with E-state index < -0.39 is 17.2 Å². The number of carbonyl (C=O) groups excluding carboxylic acids is 1. The highest BCUT2D eigenvalue weighted by atomic mass is 79.9. The number of halogens is 2. The number of fused-ring (bicyclic) bond motifs is 1. The van der Waals surface area contributed by atoms with Crippen LogP contribution in [0.1, 0.15) is 24.9 Å². The van der Waals surface area contributed by atoms with Gasteiger partial charge in [-0.3, -0.25) is 4.79 Å². The van der Waals surface area contributed by atoms with Crippen LogP contribution < -0.4 is 10.1 Å². The average molecular weight is 387 g/mol. The molecule has 1 saturated heterocycles. The van der Waals surface area contributed by atoms with Gasteiger partial charge in [-0.25, -0.2) is 9.18 Å². The first-order chi connectivity index (χ1) is 10.8. The Labute approximate surface area is 140 Å². The number of carboxylic acids is 1. The lowest BCUT2D eigenvalue weighted by Gasteiger charge is -2.22. The van der Waals surface area contributed by atoms with Crippen molar-refractivity contribution in [2.75, 3.05) is 19.7 Å². The summed E-state index contributed by atoms with van der Waals surface area (Å²) in [5, 5.41) is 12.1. The molecule has 2 N–H and O–H groups in total. The van der Waals surface area contributed by atoms with Gasteiger partial charge in [-0.2, -0.15) is 0 Å². The number of ether oxygens (including phenoxy) is 1. The van der Waals surface area contributed by atoms with E-state index in [2.05, 4.69) is 21.2 Å². The topological polar surface area (TPSA) is 78.9 Å². The molecule has 0 radical (unpaired) electrons. The molecule has 0 aliphatic carbocycles. The quantitative estimate of drug-likeness (QED) is 0.818. The highest BCUT2D eigenvalue weighted by molar-refractivity contribution is 9.10. The molecule has 124 valence electrons. The molecule has 1 aromatic rings. The predicted octanol–water partition coefficient (Wildman–Crippen LogP) is 2.53. The van der Waals surface area contributed by atoms with Crippen LogP contribution in [0.5, 0.6) is 5.75 Å². The van der Waals surface area contributed by atoms with E-state index in [9.17, 15) is 19.1 Å². The largest absolute Gasteiger partial charge is 0.491 e. The van der Waals surface area contributed by atoms with Crippen LogP contribution in [0.15, 0.2) is 16.6 Å². The normalized spacial score (nSPS) is 25.9. The summed E-state index contributed by atoms with van der Waals surface area (Å²) in [7, 11) is 0. The number of nitrogens with one attached hydrogen (secondary N) is 1. The molecule has 0 saturated carbocycles. The Morgan fingerprint density at radius 3 is 2.91 bits per heavy atom. The molecule has 8 heteroatoms. The van der Waals surface area contributed by atoms with Crippen LogP contribution in [0, 0.1) is 11.2 Å². The van der Waals surface area contributed by atoms with E-state index in [1.165, 1.54) is 11.0 Å². The number of hydrogen-bond acceptors (Lipinski definition) is 3. The number of benzene rings is 1. The van der Waals surface area contributed by atoms with Crippen molar-refractivity contribution in [1.82, 2.24) is 10.2 Å². The molecular weight excluding hydrogens is 371 g/mol. The summed E-state index contributed by atoms with van der Waals surface area (Å²) in [5.74, 6) is -0.915. The van der Waals surface area contributed by atoms with Crippen LogP contribution in [-0.4, -0.2) is 41.7 Å².